The Labute approximate surface area is 254 Å². The van der Waals surface area contributed by atoms with Crippen molar-refractivity contribution in [2.24, 2.45) is 9.98 Å². The number of piperazine rings is 1. The lowest BCUT2D eigenvalue weighted by Crippen LogP contribution is -2.52. The quantitative estimate of drug-likeness (QED) is 0.451. The van der Waals surface area contributed by atoms with Crippen LogP contribution in [0.3, 0.4) is 0 Å². The number of phenolic OH excluding ortho intramolecular Hbond substituents is 1. The SMILES string of the molecule is C#Cc1c(F)ccc2cc(O)cc(-c3ncc4c(c3F)=NC(OCC35CCCN3CCC5)=NCC=4N3CC4CCC(C3)N4)c12. The number of phenols is 1. The van der Waals surface area contributed by atoms with Crippen LogP contribution in [0, 0.1) is 24.0 Å². The first-order valence-corrected chi connectivity index (χ1v) is 15.5. The Bertz CT molecular complexity index is 1860. The number of aromatic hydroxyl groups is 1. The molecule has 6 heterocycles. The molecule has 0 amide bonds. The van der Waals surface area contributed by atoms with Gasteiger partial charge in [-0.05, 0) is 75.2 Å². The summed E-state index contributed by atoms with van der Waals surface area (Å²) in [4.78, 5) is 18.9. The number of aliphatic imine (C=N–C) groups is 1. The van der Waals surface area contributed by atoms with Crippen molar-refractivity contribution in [3.8, 4) is 29.4 Å². The fourth-order valence-corrected chi connectivity index (χ4v) is 8.12. The van der Waals surface area contributed by atoms with Gasteiger partial charge >= 0.3 is 6.02 Å². The molecule has 0 radical (unpaired) electrons. The van der Waals surface area contributed by atoms with Crippen molar-refractivity contribution in [2.45, 2.75) is 56.1 Å². The average Bonchev–Trinajstić information content (AvgIpc) is 3.66. The van der Waals surface area contributed by atoms with Crippen LogP contribution < -0.4 is 15.9 Å². The topological polar surface area (TPSA) is 85.6 Å². The molecule has 44 heavy (non-hydrogen) atoms. The third-order valence-electron chi connectivity index (χ3n) is 10.2. The van der Waals surface area contributed by atoms with Crippen molar-refractivity contribution < 1.29 is 18.6 Å². The number of fused-ring (bicyclic) bond motifs is 5. The maximum Gasteiger partial charge on any atom is 0.312 e. The Morgan fingerprint density at radius 3 is 2.64 bits per heavy atom. The van der Waals surface area contributed by atoms with Gasteiger partial charge in [0.15, 0.2) is 5.82 Å². The molecular formula is C34H34F2N6O2. The molecule has 2 atom stereocenters. The van der Waals surface area contributed by atoms with E-state index < -0.39 is 11.6 Å². The summed E-state index contributed by atoms with van der Waals surface area (Å²) in [6.07, 6.45) is 13.9. The first-order valence-electron chi connectivity index (χ1n) is 15.5. The molecule has 2 bridgehead atoms. The zero-order chi connectivity index (χ0) is 30.0. The number of nitrogens with zero attached hydrogens (tertiary/aromatic N) is 5. The Kier molecular flexibility index (Phi) is 6.58. The molecule has 0 aliphatic carbocycles. The molecule has 0 saturated carbocycles. The van der Waals surface area contributed by atoms with E-state index in [-0.39, 0.29) is 39.5 Å². The van der Waals surface area contributed by atoms with Gasteiger partial charge in [0.25, 0.3) is 0 Å². The average molecular weight is 597 g/mol. The van der Waals surface area contributed by atoms with E-state index in [4.69, 9.17) is 21.1 Å². The van der Waals surface area contributed by atoms with Crippen molar-refractivity contribution in [3.05, 3.63) is 58.2 Å². The van der Waals surface area contributed by atoms with E-state index in [0.29, 0.717) is 41.2 Å². The number of halogens is 2. The number of ether oxygens (including phenoxy) is 1. The highest BCUT2D eigenvalue weighted by molar-refractivity contribution is 6.01. The molecule has 5 aliphatic rings. The van der Waals surface area contributed by atoms with Gasteiger partial charge in [0.1, 0.15) is 29.2 Å². The standard InChI is InChI=1S/C34H34F2N6O2/c1-2-24-27(35)8-5-20-13-23(43)14-25(29(20)24)31-30(36)32-26(15-37-31)28(41-17-21-6-7-22(18-41)39-21)16-38-33(40-32)44-19-34-9-3-11-42(34)12-4-10-34/h1,5,8,13-15,21-22,39,43H,3-4,6-7,9-12,16-19H2. The van der Waals surface area contributed by atoms with Crippen molar-refractivity contribution in [2.75, 3.05) is 39.3 Å². The van der Waals surface area contributed by atoms with Crippen molar-refractivity contribution in [3.63, 3.8) is 0 Å². The largest absolute Gasteiger partial charge is 0.508 e. The van der Waals surface area contributed by atoms with E-state index in [1.807, 2.05) is 0 Å². The van der Waals surface area contributed by atoms with Gasteiger partial charge < -0.3 is 20.1 Å². The third kappa shape index (κ3) is 4.44. The van der Waals surface area contributed by atoms with Gasteiger partial charge in [0.05, 0.1) is 17.6 Å². The van der Waals surface area contributed by atoms with Crippen LogP contribution in [0.5, 0.6) is 5.75 Å². The molecule has 8 nitrogen and oxygen atoms in total. The summed E-state index contributed by atoms with van der Waals surface area (Å²) >= 11 is 0. The summed E-state index contributed by atoms with van der Waals surface area (Å²) in [6, 6.07) is 6.49. The number of likely N-dealkylation sites (tertiary alicyclic amines) is 1. The smallest absolute Gasteiger partial charge is 0.312 e. The van der Waals surface area contributed by atoms with E-state index in [2.05, 4.69) is 26.0 Å². The van der Waals surface area contributed by atoms with Crippen molar-refractivity contribution >= 4 is 22.5 Å². The number of pyridine rings is 1. The van der Waals surface area contributed by atoms with E-state index in [1.54, 1.807) is 6.20 Å². The van der Waals surface area contributed by atoms with Gasteiger partial charge in [0, 0.05) is 53.2 Å². The monoisotopic (exact) mass is 596 g/mol. The van der Waals surface area contributed by atoms with E-state index in [9.17, 15) is 9.50 Å². The third-order valence-corrected chi connectivity index (χ3v) is 10.2. The Hall–Kier alpha value is -4.07. The second-order valence-corrected chi connectivity index (χ2v) is 12.7. The van der Waals surface area contributed by atoms with Gasteiger partial charge in [-0.1, -0.05) is 12.0 Å². The van der Waals surface area contributed by atoms with Crippen LogP contribution in [0.1, 0.15) is 44.1 Å². The molecule has 4 saturated heterocycles. The number of hydrogen-bond acceptors (Lipinski definition) is 8. The molecular weight excluding hydrogens is 562 g/mol. The predicted octanol–water partition coefficient (Wildman–Crippen LogP) is 3.05. The molecule has 3 aromatic rings. The van der Waals surface area contributed by atoms with Crippen molar-refractivity contribution in [1.82, 2.24) is 20.1 Å². The van der Waals surface area contributed by atoms with Crippen LogP contribution in [-0.4, -0.2) is 82.9 Å². The first kappa shape index (κ1) is 27.5. The van der Waals surface area contributed by atoms with Crippen LogP contribution >= 0.6 is 0 Å². The van der Waals surface area contributed by atoms with Gasteiger partial charge in [-0.3, -0.25) is 9.88 Å². The second kappa shape index (κ2) is 10.5. The number of rotatable bonds is 4. The summed E-state index contributed by atoms with van der Waals surface area (Å²) in [7, 11) is 0. The molecule has 8 rings (SSSR count). The van der Waals surface area contributed by atoms with E-state index in [0.717, 1.165) is 70.4 Å². The van der Waals surface area contributed by atoms with Gasteiger partial charge in [0.2, 0.25) is 0 Å². The van der Waals surface area contributed by atoms with Crippen LogP contribution in [-0.2, 0) is 4.74 Å². The lowest BCUT2D eigenvalue weighted by molar-refractivity contribution is 0.105. The zero-order valence-corrected chi connectivity index (χ0v) is 24.5. The normalized spacial score (nSPS) is 24.0. The van der Waals surface area contributed by atoms with Gasteiger partial charge in [-0.15, -0.1) is 6.42 Å². The highest BCUT2D eigenvalue weighted by Gasteiger charge is 2.45. The highest BCUT2D eigenvalue weighted by atomic mass is 19.1. The zero-order valence-electron chi connectivity index (χ0n) is 24.5. The lowest BCUT2D eigenvalue weighted by Gasteiger charge is -2.35. The fourth-order valence-electron chi connectivity index (χ4n) is 8.12. The molecule has 2 aromatic carbocycles. The van der Waals surface area contributed by atoms with Gasteiger partial charge in [-0.25, -0.2) is 13.8 Å². The van der Waals surface area contributed by atoms with E-state index >= 15 is 4.39 Å². The van der Waals surface area contributed by atoms with Crippen molar-refractivity contribution in [1.29, 1.82) is 0 Å². The highest BCUT2D eigenvalue weighted by Crippen LogP contribution is 2.39. The van der Waals surface area contributed by atoms with Gasteiger partial charge in [-0.2, -0.15) is 4.99 Å². The minimum absolute atomic E-state index is 0.0170. The van der Waals surface area contributed by atoms with Crippen LogP contribution in [0.2, 0.25) is 0 Å². The summed E-state index contributed by atoms with van der Waals surface area (Å²) in [5.41, 5.74) is 0.941. The number of terminal acetylenes is 1. The minimum atomic E-state index is -0.697. The van der Waals surface area contributed by atoms with Crippen LogP contribution in [0.15, 0.2) is 40.4 Å². The molecule has 10 heteroatoms. The molecule has 5 aliphatic heterocycles. The van der Waals surface area contributed by atoms with E-state index in [1.165, 1.54) is 24.3 Å². The first-order chi connectivity index (χ1) is 21.4. The number of nitrogens with one attached hydrogen (secondary N) is 1. The summed E-state index contributed by atoms with van der Waals surface area (Å²) in [6.45, 7) is 4.48. The minimum Gasteiger partial charge on any atom is -0.508 e. The molecule has 1 aromatic heterocycles. The fraction of sp³-hybridized carbons (Fsp3) is 0.441. The molecule has 2 N–H and O–H groups in total. The molecule has 4 fully saturated rings. The predicted molar refractivity (Wildman–Crippen MR) is 163 cm³/mol. The number of amidine groups is 1. The van der Waals surface area contributed by atoms with Crippen LogP contribution in [0.25, 0.3) is 27.7 Å². The number of hydrogen-bond donors (Lipinski definition) is 2. The summed E-state index contributed by atoms with van der Waals surface area (Å²) in [5.74, 6) is 0.989. The molecule has 2 unspecified atom stereocenters. The summed E-state index contributed by atoms with van der Waals surface area (Å²) in [5, 5.41) is 15.6. The number of aromatic nitrogens is 1. The number of benzene rings is 2. The summed E-state index contributed by atoms with van der Waals surface area (Å²) < 4.78 is 38.1. The second-order valence-electron chi connectivity index (χ2n) is 12.7. The maximum atomic E-state index is 16.9. The Morgan fingerprint density at radius 1 is 1.11 bits per heavy atom. The molecule has 0 spiro atoms. The Morgan fingerprint density at radius 2 is 1.89 bits per heavy atom. The molecule has 226 valence electrons. The Balaban J connectivity index is 1.28. The van der Waals surface area contributed by atoms with Crippen LogP contribution in [0.4, 0.5) is 8.78 Å². The lowest BCUT2D eigenvalue weighted by atomic mass is 9.95. The maximum absolute atomic E-state index is 16.9.